The number of hydrogen-bond acceptors (Lipinski definition) is 6. The summed E-state index contributed by atoms with van der Waals surface area (Å²) in [6, 6.07) is 2.13. The van der Waals surface area contributed by atoms with E-state index < -0.39 is 5.60 Å². The Morgan fingerprint density at radius 2 is 2.09 bits per heavy atom. The molecule has 0 saturated carbocycles. The van der Waals surface area contributed by atoms with Crippen molar-refractivity contribution in [3.8, 4) is 5.75 Å². The molecule has 0 radical (unpaired) electrons. The summed E-state index contributed by atoms with van der Waals surface area (Å²) in [5, 5.41) is 3.43. The second-order valence-electron chi connectivity index (χ2n) is 10.2. The second-order valence-corrected chi connectivity index (χ2v) is 10.2. The molecule has 3 heterocycles. The number of hydrogen-bond donors (Lipinski definition) is 1. The number of nitrogens with zero attached hydrogens (tertiary/aromatic N) is 2. The van der Waals surface area contributed by atoms with Gasteiger partial charge in [-0.1, -0.05) is 6.42 Å². The number of nitrogens with one attached hydrogen (secondary N) is 1. The number of carbonyl (C=O) groups excluding carboxylic acids is 1. The number of fused-ring (bicyclic) bond motifs is 1. The highest BCUT2D eigenvalue weighted by Gasteiger charge is 2.30. The van der Waals surface area contributed by atoms with Crippen LogP contribution in [-0.4, -0.2) is 60.0 Å². The lowest BCUT2D eigenvalue weighted by Crippen LogP contribution is -2.36. The molecule has 0 spiro atoms. The first-order valence-corrected chi connectivity index (χ1v) is 12.2. The van der Waals surface area contributed by atoms with Gasteiger partial charge in [-0.3, -0.25) is 0 Å². The van der Waals surface area contributed by atoms with Gasteiger partial charge in [0.1, 0.15) is 17.2 Å². The topological polar surface area (TPSA) is 72.9 Å². The van der Waals surface area contributed by atoms with Crippen LogP contribution in [-0.2, 0) is 22.3 Å². The summed E-state index contributed by atoms with van der Waals surface area (Å²) in [5.41, 5.74) is 1.86. The SMILES string of the molecule is CC(C)Oc1cc(CCCCCO[C@@H]2CCN(C(=O)OC(C)(C)C)C2)nc2c1CCCN2. The van der Waals surface area contributed by atoms with Crippen LogP contribution in [0.1, 0.15) is 78.0 Å². The molecule has 2 aliphatic rings. The number of likely N-dealkylation sites (tertiary alicyclic amines) is 1. The highest BCUT2D eigenvalue weighted by atomic mass is 16.6. The van der Waals surface area contributed by atoms with Crippen LogP contribution in [0.5, 0.6) is 5.75 Å². The van der Waals surface area contributed by atoms with Gasteiger partial charge in [-0.2, -0.15) is 0 Å². The number of pyridine rings is 1. The molecular weight excluding hydrogens is 406 g/mol. The lowest BCUT2D eigenvalue weighted by atomic mass is 10.0. The van der Waals surface area contributed by atoms with E-state index in [-0.39, 0.29) is 18.3 Å². The zero-order valence-corrected chi connectivity index (χ0v) is 20.5. The number of amides is 1. The second kappa shape index (κ2) is 11.2. The van der Waals surface area contributed by atoms with E-state index in [0.717, 1.165) is 75.4 Å². The maximum absolute atomic E-state index is 12.2. The Labute approximate surface area is 193 Å². The van der Waals surface area contributed by atoms with E-state index in [0.29, 0.717) is 13.1 Å². The van der Waals surface area contributed by atoms with Gasteiger partial charge in [0, 0.05) is 37.0 Å². The summed E-state index contributed by atoms with van der Waals surface area (Å²) in [6.07, 6.45) is 7.20. The average Bonchev–Trinajstić information content (AvgIpc) is 3.18. The summed E-state index contributed by atoms with van der Waals surface area (Å²) in [5.74, 6) is 2.00. The van der Waals surface area contributed by atoms with Gasteiger partial charge in [0.15, 0.2) is 0 Å². The van der Waals surface area contributed by atoms with E-state index in [9.17, 15) is 4.79 Å². The Morgan fingerprint density at radius 1 is 1.28 bits per heavy atom. The van der Waals surface area contributed by atoms with Crippen LogP contribution in [0.15, 0.2) is 6.07 Å². The zero-order valence-electron chi connectivity index (χ0n) is 20.5. The quantitative estimate of drug-likeness (QED) is 0.539. The summed E-state index contributed by atoms with van der Waals surface area (Å²) < 4.78 is 17.5. The van der Waals surface area contributed by atoms with Crippen molar-refractivity contribution in [3.63, 3.8) is 0 Å². The number of unbranched alkanes of at least 4 members (excludes halogenated alkanes) is 2. The Bertz CT molecular complexity index is 760. The van der Waals surface area contributed by atoms with Crippen LogP contribution in [0.3, 0.4) is 0 Å². The minimum Gasteiger partial charge on any atom is -0.491 e. The van der Waals surface area contributed by atoms with E-state index in [4.69, 9.17) is 19.2 Å². The first-order chi connectivity index (χ1) is 15.2. The van der Waals surface area contributed by atoms with E-state index in [2.05, 4.69) is 25.2 Å². The van der Waals surface area contributed by atoms with Crippen molar-refractivity contribution < 1.29 is 19.0 Å². The largest absolute Gasteiger partial charge is 0.491 e. The molecule has 1 aromatic heterocycles. The van der Waals surface area contributed by atoms with Crippen LogP contribution < -0.4 is 10.1 Å². The van der Waals surface area contributed by atoms with Crippen molar-refractivity contribution in [2.45, 2.75) is 97.4 Å². The number of rotatable bonds is 9. The number of carbonyl (C=O) groups is 1. The normalized spacial score (nSPS) is 18.4. The maximum atomic E-state index is 12.2. The van der Waals surface area contributed by atoms with Crippen LogP contribution in [0.2, 0.25) is 0 Å². The van der Waals surface area contributed by atoms with Crippen molar-refractivity contribution in [3.05, 3.63) is 17.3 Å². The minimum atomic E-state index is -0.458. The van der Waals surface area contributed by atoms with Gasteiger partial charge in [0.25, 0.3) is 0 Å². The Balaban J connectivity index is 1.36. The molecule has 180 valence electrons. The highest BCUT2D eigenvalue weighted by molar-refractivity contribution is 5.68. The molecule has 1 saturated heterocycles. The third kappa shape index (κ3) is 7.54. The number of anilines is 1. The molecule has 1 N–H and O–H groups in total. The fourth-order valence-corrected chi connectivity index (χ4v) is 4.14. The van der Waals surface area contributed by atoms with Gasteiger partial charge in [-0.25, -0.2) is 9.78 Å². The molecule has 2 aliphatic heterocycles. The van der Waals surface area contributed by atoms with Crippen LogP contribution >= 0.6 is 0 Å². The summed E-state index contributed by atoms with van der Waals surface area (Å²) >= 11 is 0. The molecule has 0 unspecified atom stereocenters. The third-order valence-electron chi connectivity index (χ3n) is 5.62. The fraction of sp³-hybridized carbons (Fsp3) is 0.760. The number of aryl methyl sites for hydroxylation is 1. The van der Waals surface area contributed by atoms with E-state index in [1.807, 2.05) is 20.8 Å². The van der Waals surface area contributed by atoms with Crippen molar-refractivity contribution >= 4 is 11.9 Å². The monoisotopic (exact) mass is 447 g/mol. The van der Waals surface area contributed by atoms with Crippen molar-refractivity contribution in [1.82, 2.24) is 9.88 Å². The molecular formula is C25H41N3O4. The molecule has 7 nitrogen and oxygen atoms in total. The number of ether oxygens (including phenoxy) is 3. The Morgan fingerprint density at radius 3 is 2.84 bits per heavy atom. The van der Waals surface area contributed by atoms with E-state index >= 15 is 0 Å². The summed E-state index contributed by atoms with van der Waals surface area (Å²) in [6.45, 7) is 12.9. The van der Waals surface area contributed by atoms with Gasteiger partial charge in [-0.15, -0.1) is 0 Å². The van der Waals surface area contributed by atoms with Gasteiger partial charge < -0.3 is 24.4 Å². The summed E-state index contributed by atoms with van der Waals surface area (Å²) in [7, 11) is 0. The van der Waals surface area contributed by atoms with Crippen LogP contribution in [0, 0.1) is 0 Å². The van der Waals surface area contributed by atoms with Crippen LogP contribution in [0.25, 0.3) is 0 Å². The first-order valence-electron chi connectivity index (χ1n) is 12.2. The number of aromatic nitrogens is 1. The van der Waals surface area contributed by atoms with Crippen molar-refractivity contribution in [2.75, 3.05) is 31.6 Å². The van der Waals surface area contributed by atoms with Crippen LogP contribution in [0.4, 0.5) is 10.6 Å². The Kier molecular flexibility index (Phi) is 8.63. The molecule has 7 heteroatoms. The van der Waals surface area contributed by atoms with Gasteiger partial charge in [0.2, 0.25) is 0 Å². The predicted molar refractivity (Wildman–Crippen MR) is 127 cm³/mol. The zero-order chi connectivity index (χ0) is 23.1. The van der Waals surface area contributed by atoms with Gasteiger partial charge >= 0.3 is 6.09 Å². The Hall–Kier alpha value is -2.02. The predicted octanol–water partition coefficient (Wildman–Crippen LogP) is 4.97. The smallest absolute Gasteiger partial charge is 0.410 e. The first kappa shape index (κ1) is 24.6. The lowest BCUT2D eigenvalue weighted by molar-refractivity contribution is 0.0206. The van der Waals surface area contributed by atoms with Gasteiger partial charge in [0.05, 0.1) is 18.8 Å². The molecule has 1 aromatic rings. The molecule has 32 heavy (non-hydrogen) atoms. The molecule has 0 bridgehead atoms. The molecule has 1 fully saturated rings. The highest BCUT2D eigenvalue weighted by Crippen LogP contribution is 2.31. The van der Waals surface area contributed by atoms with E-state index in [1.54, 1.807) is 4.90 Å². The molecule has 1 amide bonds. The molecule has 0 aromatic carbocycles. The molecule has 1 atom stereocenters. The third-order valence-corrected chi connectivity index (χ3v) is 5.62. The minimum absolute atomic E-state index is 0.117. The lowest BCUT2D eigenvalue weighted by Gasteiger charge is -2.24. The average molecular weight is 448 g/mol. The molecule has 3 rings (SSSR count). The van der Waals surface area contributed by atoms with Crippen molar-refractivity contribution in [1.29, 1.82) is 0 Å². The molecule has 0 aliphatic carbocycles. The van der Waals surface area contributed by atoms with E-state index in [1.165, 1.54) is 5.56 Å². The summed E-state index contributed by atoms with van der Waals surface area (Å²) in [4.78, 5) is 18.8. The maximum Gasteiger partial charge on any atom is 0.410 e. The fourth-order valence-electron chi connectivity index (χ4n) is 4.14. The standard InChI is InChI=1S/C25H41N3O4/c1-18(2)31-22-16-19(27-23-21(22)11-9-13-26-23)10-7-6-8-15-30-20-12-14-28(17-20)24(29)32-25(3,4)5/h16,18,20H,6-15,17H2,1-5H3,(H,26,27)/t20-/m1/s1. The van der Waals surface area contributed by atoms with Gasteiger partial charge in [-0.05, 0) is 73.1 Å². The van der Waals surface area contributed by atoms with Crippen molar-refractivity contribution in [2.24, 2.45) is 0 Å².